The first-order valence-corrected chi connectivity index (χ1v) is 12.0. The summed E-state index contributed by atoms with van der Waals surface area (Å²) in [5.41, 5.74) is 3.84. The Hall–Kier alpha value is -3.35. The van der Waals surface area contributed by atoms with Gasteiger partial charge in [-0.25, -0.2) is 0 Å². The van der Waals surface area contributed by atoms with E-state index < -0.39 is 11.6 Å². The largest absolute Gasteiger partial charge is 0.496 e. The molecule has 0 saturated heterocycles. The van der Waals surface area contributed by atoms with E-state index in [4.69, 9.17) is 16.3 Å². The third kappa shape index (κ3) is 3.51. The Labute approximate surface area is 210 Å². The number of para-hydroxylation sites is 1. The Bertz CT molecular complexity index is 1340. The van der Waals surface area contributed by atoms with Gasteiger partial charge in [0, 0.05) is 42.5 Å². The van der Waals surface area contributed by atoms with E-state index in [0.29, 0.717) is 35.0 Å². The Morgan fingerprint density at radius 1 is 1.09 bits per heavy atom. The van der Waals surface area contributed by atoms with Crippen molar-refractivity contribution in [3.8, 4) is 5.75 Å². The average molecular weight is 490 g/mol. The fourth-order valence-electron chi connectivity index (χ4n) is 5.46. The number of fused-ring (bicyclic) bond motifs is 2. The van der Waals surface area contributed by atoms with Crippen molar-refractivity contribution >= 4 is 29.1 Å². The minimum absolute atomic E-state index is 0.0618. The lowest BCUT2D eigenvalue weighted by atomic mass is 9.77. The van der Waals surface area contributed by atoms with Gasteiger partial charge in [-0.05, 0) is 48.2 Å². The monoisotopic (exact) mass is 489 g/mol. The molecule has 2 aliphatic rings. The number of hydrogen-bond donors (Lipinski definition) is 1. The zero-order valence-corrected chi connectivity index (χ0v) is 21.0. The van der Waals surface area contributed by atoms with Crippen molar-refractivity contribution in [3.63, 3.8) is 0 Å². The van der Waals surface area contributed by atoms with Gasteiger partial charge in [-0.15, -0.1) is 0 Å². The normalized spacial score (nSPS) is 21.2. The molecule has 3 aromatic carbocycles. The minimum Gasteiger partial charge on any atom is -0.496 e. The summed E-state index contributed by atoms with van der Waals surface area (Å²) in [6, 6.07) is 18.8. The van der Waals surface area contributed by atoms with E-state index in [1.165, 1.54) is 0 Å². The van der Waals surface area contributed by atoms with E-state index >= 15 is 0 Å². The second-order valence-electron chi connectivity index (χ2n) is 9.36. The summed E-state index contributed by atoms with van der Waals surface area (Å²) in [5, 5.41) is 3.66. The lowest BCUT2D eigenvalue weighted by Crippen LogP contribution is -2.61. The number of carbonyl (C=O) groups is 2. The van der Waals surface area contributed by atoms with Gasteiger partial charge in [0.15, 0.2) is 5.54 Å². The molecule has 5 rings (SSSR count). The predicted molar refractivity (Wildman–Crippen MR) is 137 cm³/mol. The number of nitrogens with zero attached hydrogens (tertiary/aromatic N) is 2. The van der Waals surface area contributed by atoms with Crippen molar-refractivity contribution < 1.29 is 14.3 Å². The molecule has 0 spiro atoms. The number of carbonyl (C=O) groups excluding carboxylic acids is 2. The highest BCUT2D eigenvalue weighted by Crippen LogP contribution is 2.52. The first-order chi connectivity index (χ1) is 16.8. The molecule has 0 aromatic heterocycles. The third-order valence-electron chi connectivity index (χ3n) is 7.17. The van der Waals surface area contributed by atoms with Gasteiger partial charge < -0.3 is 15.0 Å². The zero-order chi connectivity index (χ0) is 24.9. The summed E-state index contributed by atoms with van der Waals surface area (Å²) < 4.78 is 5.77. The highest BCUT2D eigenvalue weighted by atomic mass is 35.5. The first-order valence-electron chi connectivity index (χ1n) is 11.6. The van der Waals surface area contributed by atoms with Crippen molar-refractivity contribution in [3.05, 3.63) is 93.5 Å². The predicted octanol–water partition coefficient (Wildman–Crippen LogP) is 4.37. The van der Waals surface area contributed by atoms with Gasteiger partial charge in [0.1, 0.15) is 5.75 Å². The van der Waals surface area contributed by atoms with Crippen LogP contribution in [0.5, 0.6) is 5.75 Å². The van der Waals surface area contributed by atoms with E-state index in [-0.39, 0.29) is 11.8 Å². The van der Waals surface area contributed by atoms with Crippen LogP contribution in [0.2, 0.25) is 5.02 Å². The maximum absolute atomic E-state index is 14.2. The zero-order valence-electron chi connectivity index (χ0n) is 20.3. The van der Waals surface area contributed by atoms with Gasteiger partial charge >= 0.3 is 0 Å². The Kier molecular flexibility index (Phi) is 5.82. The second kappa shape index (κ2) is 8.70. The van der Waals surface area contributed by atoms with Gasteiger partial charge in [0.2, 0.25) is 5.91 Å². The summed E-state index contributed by atoms with van der Waals surface area (Å²) in [6.45, 7) is 2.32. The van der Waals surface area contributed by atoms with Crippen LogP contribution in [0.4, 0.5) is 5.69 Å². The molecule has 2 amide bonds. The molecule has 2 aliphatic heterocycles. The molecule has 180 valence electrons. The lowest BCUT2D eigenvalue weighted by Gasteiger charge is -2.47. The number of halogens is 1. The lowest BCUT2D eigenvalue weighted by molar-refractivity contribution is -0.141. The maximum atomic E-state index is 14.2. The number of nitrogens with one attached hydrogen (secondary N) is 1. The van der Waals surface area contributed by atoms with Crippen molar-refractivity contribution in [1.29, 1.82) is 0 Å². The van der Waals surface area contributed by atoms with E-state index in [9.17, 15) is 9.59 Å². The molecule has 0 aliphatic carbocycles. The van der Waals surface area contributed by atoms with Crippen LogP contribution in [0.1, 0.15) is 27.8 Å². The summed E-state index contributed by atoms with van der Waals surface area (Å²) in [4.78, 5) is 31.5. The van der Waals surface area contributed by atoms with Crippen LogP contribution in [0, 0.1) is 6.92 Å². The number of rotatable bonds is 4. The van der Waals surface area contributed by atoms with Crippen molar-refractivity contribution in [1.82, 2.24) is 9.80 Å². The van der Waals surface area contributed by atoms with Crippen molar-refractivity contribution in [2.45, 2.75) is 31.5 Å². The molecule has 0 fully saturated rings. The fourth-order valence-corrected chi connectivity index (χ4v) is 5.63. The Morgan fingerprint density at radius 2 is 1.77 bits per heavy atom. The van der Waals surface area contributed by atoms with Gasteiger partial charge in [0.05, 0.1) is 13.2 Å². The second-order valence-corrected chi connectivity index (χ2v) is 9.77. The number of methoxy groups -OCH3 is 1. The molecule has 1 unspecified atom stereocenters. The van der Waals surface area contributed by atoms with Crippen molar-refractivity contribution in [2.75, 3.05) is 26.5 Å². The van der Waals surface area contributed by atoms with E-state index in [1.54, 1.807) is 26.1 Å². The van der Waals surface area contributed by atoms with Crippen molar-refractivity contribution in [2.24, 2.45) is 0 Å². The highest BCUT2D eigenvalue weighted by Gasteiger charge is 2.58. The summed E-state index contributed by atoms with van der Waals surface area (Å²) in [7, 11) is 5.09. The Balaban J connectivity index is 1.85. The van der Waals surface area contributed by atoms with Gasteiger partial charge in [0.25, 0.3) is 5.91 Å². The smallest absolute Gasteiger partial charge is 0.254 e. The van der Waals surface area contributed by atoms with Crippen LogP contribution in [0.15, 0.2) is 60.7 Å². The quantitative estimate of drug-likeness (QED) is 0.591. The van der Waals surface area contributed by atoms with Crippen LogP contribution in [0.3, 0.4) is 0 Å². The molecule has 0 saturated carbocycles. The van der Waals surface area contributed by atoms with Gasteiger partial charge in [-0.3, -0.25) is 14.5 Å². The number of aryl methyl sites for hydroxylation is 1. The molecule has 35 heavy (non-hydrogen) atoms. The molecule has 2 heterocycles. The van der Waals surface area contributed by atoms with Gasteiger partial charge in [-0.2, -0.15) is 0 Å². The molecule has 0 bridgehead atoms. The number of hydrogen-bond acceptors (Lipinski definition) is 4. The SMILES string of the molecule is COc1ccccc1C1(N2Cc3ccccc3C[C@H]2C(=O)N(C)C)C(=O)Nc2cc(C)c(Cl)cc21. The molecule has 7 heteroatoms. The number of benzene rings is 3. The van der Waals surface area contributed by atoms with E-state index in [1.807, 2.05) is 60.4 Å². The number of amides is 2. The summed E-state index contributed by atoms with van der Waals surface area (Å²) >= 11 is 6.63. The molecule has 2 atom stereocenters. The topological polar surface area (TPSA) is 61.9 Å². The molecular weight excluding hydrogens is 462 g/mol. The molecule has 6 nitrogen and oxygen atoms in total. The first kappa shape index (κ1) is 23.4. The van der Waals surface area contributed by atoms with E-state index in [0.717, 1.165) is 22.3 Å². The molecule has 1 N–H and O–H groups in total. The van der Waals surface area contributed by atoms with Crippen LogP contribution < -0.4 is 10.1 Å². The molecular formula is C28H28ClN3O3. The third-order valence-corrected chi connectivity index (χ3v) is 7.57. The van der Waals surface area contributed by atoms with Crippen LogP contribution >= 0.6 is 11.6 Å². The fraction of sp³-hybridized carbons (Fsp3) is 0.286. The number of ether oxygens (including phenoxy) is 1. The minimum atomic E-state index is -1.32. The van der Waals surface area contributed by atoms with Crippen LogP contribution in [-0.2, 0) is 28.1 Å². The molecule has 3 aromatic rings. The Morgan fingerprint density at radius 3 is 2.49 bits per heavy atom. The average Bonchev–Trinajstić information content (AvgIpc) is 3.13. The highest BCUT2D eigenvalue weighted by molar-refractivity contribution is 6.31. The summed E-state index contributed by atoms with van der Waals surface area (Å²) in [5.74, 6) is 0.282. The summed E-state index contributed by atoms with van der Waals surface area (Å²) in [6.07, 6.45) is 0.492. The number of anilines is 1. The van der Waals surface area contributed by atoms with E-state index in [2.05, 4.69) is 17.4 Å². The van der Waals surface area contributed by atoms with Crippen LogP contribution in [0.25, 0.3) is 0 Å². The number of likely N-dealkylation sites (N-methyl/N-ethyl adjacent to an activating group) is 1. The van der Waals surface area contributed by atoms with Crippen LogP contribution in [-0.4, -0.2) is 48.9 Å². The van der Waals surface area contributed by atoms with Gasteiger partial charge in [-0.1, -0.05) is 54.1 Å². The standard InChI is InChI=1S/C28H28ClN3O3/c1-17-13-23-21(15-22(17)29)28(27(34)30-23,20-11-7-8-12-25(20)35-4)32-16-19-10-6-5-9-18(19)14-24(32)26(33)31(2)3/h5-13,15,24H,14,16H2,1-4H3,(H,30,34)/t24-,28?/m0/s1. The molecule has 0 radical (unpaired) electrons. The maximum Gasteiger partial charge on any atom is 0.254 e.